The van der Waals surface area contributed by atoms with E-state index >= 15 is 0 Å². The molecule has 3 aromatic carbocycles. The molecule has 0 spiro atoms. The van der Waals surface area contributed by atoms with E-state index in [0.29, 0.717) is 38.9 Å². The summed E-state index contributed by atoms with van der Waals surface area (Å²) in [6.45, 7) is 0. The third kappa shape index (κ3) is 5.84. The number of H-pyrrole nitrogens is 1. The highest BCUT2D eigenvalue weighted by atomic mass is 35.5. The zero-order valence-corrected chi connectivity index (χ0v) is 21.6. The van der Waals surface area contributed by atoms with Crippen molar-refractivity contribution in [1.29, 1.82) is 0 Å². The van der Waals surface area contributed by atoms with Crippen molar-refractivity contribution < 1.29 is 22.8 Å². The number of amides is 2. The van der Waals surface area contributed by atoms with Gasteiger partial charge in [0, 0.05) is 34.9 Å². The molecule has 2 aromatic heterocycles. The van der Waals surface area contributed by atoms with E-state index in [9.17, 15) is 22.8 Å². The Kier molecular flexibility index (Phi) is 7.57. The van der Waals surface area contributed by atoms with E-state index < -0.39 is 35.3 Å². The van der Waals surface area contributed by atoms with Gasteiger partial charge in [0.15, 0.2) is 0 Å². The van der Waals surface area contributed by atoms with Gasteiger partial charge in [-0.3, -0.25) is 14.6 Å². The van der Waals surface area contributed by atoms with Crippen LogP contribution >= 0.6 is 11.6 Å². The van der Waals surface area contributed by atoms with Crippen molar-refractivity contribution in [1.82, 2.24) is 15.3 Å². The molecule has 0 radical (unpaired) electrons. The van der Waals surface area contributed by atoms with Crippen molar-refractivity contribution in [3.05, 3.63) is 124 Å². The monoisotopic (exact) mass is 562 g/mol. The Morgan fingerprint density at radius 2 is 1.75 bits per heavy atom. The summed E-state index contributed by atoms with van der Waals surface area (Å²) in [7, 11) is 0. The zero-order chi connectivity index (χ0) is 28.4. The van der Waals surface area contributed by atoms with Crippen LogP contribution in [0.25, 0.3) is 22.0 Å². The number of benzene rings is 3. The molecular formula is C30H22ClF3N4O2. The zero-order valence-electron chi connectivity index (χ0n) is 20.9. The molecule has 0 saturated carbocycles. The van der Waals surface area contributed by atoms with Crippen LogP contribution in [0.3, 0.4) is 0 Å². The number of aromatic amines is 1. The topological polar surface area (TPSA) is 101 Å². The van der Waals surface area contributed by atoms with E-state index in [1.165, 1.54) is 42.6 Å². The fraction of sp³-hybridized carbons (Fsp3) is 0.100. The maximum Gasteiger partial charge on any atom is 0.250 e. The Morgan fingerprint density at radius 3 is 2.50 bits per heavy atom. The quantitative estimate of drug-likeness (QED) is 0.215. The summed E-state index contributed by atoms with van der Waals surface area (Å²) < 4.78 is 41.9. The molecule has 0 unspecified atom stereocenters. The first kappa shape index (κ1) is 27.0. The van der Waals surface area contributed by atoms with Crippen LogP contribution in [-0.2, 0) is 17.6 Å². The average Bonchev–Trinajstić information content (AvgIpc) is 3.29. The lowest BCUT2D eigenvalue weighted by atomic mass is 9.94. The minimum Gasteiger partial charge on any atom is -0.366 e. The van der Waals surface area contributed by atoms with Crippen LogP contribution in [0.1, 0.15) is 33.2 Å². The van der Waals surface area contributed by atoms with E-state index in [4.69, 9.17) is 17.3 Å². The van der Waals surface area contributed by atoms with Gasteiger partial charge in [0.1, 0.15) is 17.5 Å². The number of carbonyl (C=O) groups is 2. The fourth-order valence-electron chi connectivity index (χ4n) is 4.72. The molecule has 0 fully saturated rings. The summed E-state index contributed by atoms with van der Waals surface area (Å²) in [4.78, 5) is 32.7. The minimum absolute atomic E-state index is 0.00319. The maximum atomic E-state index is 14.0. The number of aromatic nitrogens is 2. The largest absolute Gasteiger partial charge is 0.366 e. The van der Waals surface area contributed by atoms with Crippen molar-refractivity contribution >= 4 is 34.3 Å². The number of pyridine rings is 1. The van der Waals surface area contributed by atoms with Gasteiger partial charge in [-0.25, -0.2) is 13.2 Å². The van der Waals surface area contributed by atoms with Gasteiger partial charge < -0.3 is 16.0 Å². The molecule has 0 aliphatic carbocycles. The van der Waals surface area contributed by atoms with Gasteiger partial charge in [-0.2, -0.15) is 0 Å². The van der Waals surface area contributed by atoms with E-state index in [2.05, 4.69) is 15.3 Å². The predicted octanol–water partition coefficient (Wildman–Crippen LogP) is 6.04. The minimum atomic E-state index is -0.834. The lowest BCUT2D eigenvalue weighted by molar-refractivity contribution is -0.121. The number of hydrogen-bond donors (Lipinski definition) is 3. The van der Waals surface area contributed by atoms with Crippen LogP contribution in [0, 0.1) is 17.5 Å². The van der Waals surface area contributed by atoms with Gasteiger partial charge in [0.2, 0.25) is 11.8 Å². The highest BCUT2D eigenvalue weighted by Crippen LogP contribution is 2.32. The Morgan fingerprint density at radius 1 is 0.975 bits per heavy atom. The summed E-state index contributed by atoms with van der Waals surface area (Å²) in [6.07, 6.45) is 3.07. The Hall–Kier alpha value is -4.63. The summed E-state index contributed by atoms with van der Waals surface area (Å²) in [6, 6.07) is 14.7. The molecule has 0 bridgehead atoms. The van der Waals surface area contributed by atoms with Crippen LogP contribution in [0.15, 0.2) is 79.1 Å². The molecule has 40 heavy (non-hydrogen) atoms. The molecule has 0 saturated heterocycles. The number of nitrogens with one attached hydrogen (secondary N) is 2. The van der Waals surface area contributed by atoms with Crippen LogP contribution in [0.4, 0.5) is 13.2 Å². The molecule has 5 rings (SSSR count). The highest BCUT2D eigenvalue weighted by Gasteiger charge is 2.23. The second kappa shape index (κ2) is 11.2. The third-order valence-corrected chi connectivity index (χ3v) is 6.82. The molecule has 10 heteroatoms. The first-order valence-electron chi connectivity index (χ1n) is 12.2. The van der Waals surface area contributed by atoms with Gasteiger partial charge in [-0.1, -0.05) is 23.7 Å². The molecule has 2 amide bonds. The van der Waals surface area contributed by atoms with Crippen molar-refractivity contribution in [3.63, 3.8) is 0 Å². The van der Waals surface area contributed by atoms with Crippen molar-refractivity contribution in [2.24, 2.45) is 5.73 Å². The van der Waals surface area contributed by atoms with Gasteiger partial charge in [-0.05, 0) is 71.6 Å². The number of nitrogens with zero attached hydrogens (tertiary/aromatic N) is 1. The number of fused-ring (bicyclic) bond motifs is 1. The predicted molar refractivity (Wildman–Crippen MR) is 146 cm³/mol. The van der Waals surface area contributed by atoms with E-state index in [1.807, 2.05) is 0 Å². The second-order valence-electron chi connectivity index (χ2n) is 9.28. The summed E-state index contributed by atoms with van der Waals surface area (Å²) in [5, 5.41) is 3.67. The van der Waals surface area contributed by atoms with E-state index in [0.717, 1.165) is 6.07 Å². The van der Waals surface area contributed by atoms with Gasteiger partial charge in [0.25, 0.3) is 0 Å². The van der Waals surface area contributed by atoms with Crippen molar-refractivity contribution in [2.75, 3.05) is 0 Å². The summed E-state index contributed by atoms with van der Waals surface area (Å²) in [5.41, 5.74) is 8.63. The smallest absolute Gasteiger partial charge is 0.250 e. The molecule has 4 N–H and O–H groups in total. The van der Waals surface area contributed by atoms with E-state index in [1.54, 1.807) is 30.5 Å². The van der Waals surface area contributed by atoms with Crippen LogP contribution in [0.5, 0.6) is 0 Å². The summed E-state index contributed by atoms with van der Waals surface area (Å²) >= 11 is 6.14. The first-order chi connectivity index (χ1) is 19.2. The normalized spacial score (nSPS) is 11.9. The van der Waals surface area contributed by atoms with Gasteiger partial charge >= 0.3 is 0 Å². The lowest BCUT2D eigenvalue weighted by Gasteiger charge is -2.22. The molecule has 5 aromatic rings. The Bertz CT molecular complexity index is 1730. The Balaban J connectivity index is 1.53. The molecule has 202 valence electrons. The lowest BCUT2D eigenvalue weighted by Crippen LogP contribution is -2.32. The SMILES string of the molecule is NC(=O)c1cc(-c2cccnc2[C@H](Cc2cc(F)cc(F)c2)NC(=O)Cc2c[nH]c3ccc(F)cc23)ccc1Cl. The van der Waals surface area contributed by atoms with Gasteiger partial charge in [-0.15, -0.1) is 0 Å². The average molecular weight is 563 g/mol. The molecular weight excluding hydrogens is 541 g/mol. The number of primary amides is 1. The van der Waals surface area contributed by atoms with Crippen LogP contribution < -0.4 is 11.1 Å². The number of nitrogens with two attached hydrogens (primary N) is 1. The molecule has 1 atom stereocenters. The summed E-state index contributed by atoms with van der Waals surface area (Å²) in [5.74, 6) is -3.09. The highest BCUT2D eigenvalue weighted by molar-refractivity contribution is 6.33. The Labute approximate surface area is 232 Å². The van der Waals surface area contributed by atoms with Crippen molar-refractivity contribution in [2.45, 2.75) is 18.9 Å². The van der Waals surface area contributed by atoms with Crippen molar-refractivity contribution in [3.8, 4) is 11.1 Å². The number of hydrogen-bond acceptors (Lipinski definition) is 3. The first-order valence-corrected chi connectivity index (χ1v) is 12.6. The van der Waals surface area contributed by atoms with Gasteiger partial charge in [0.05, 0.1) is 28.7 Å². The number of halogens is 4. The second-order valence-corrected chi connectivity index (χ2v) is 9.68. The fourth-order valence-corrected chi connectivity index (χ4v) is 4.93. The van der Waals surface area contributed by atoms with E-state index in [-0.39, 0.29) is 23.4 Å². The van der Waals surface area contributed by atoms with Crippen LogP contribution in [0.2, 0.25) is 5.02 Å². The molecule has 2 heterocycles. The number of carbonyl (C=O) groups excluding carboxylic acids is 2. The maximum absolute atomic E-state index is 14.0. The standard InChI is InChI=1S/C30H22ClF3N4O2/c31-25-5-3-17(11-24(25)30(35)40)22-2-1-7-36-29(22)27(10-16-8-20(33)13-21(34)9-16)38-28(39)12-18-15-37-26-6-4-19(32)14-23(18)26/h1-9,11,13-15,27,37H,10,12H2,(H2,35,40)(H,38,39)/t27-/m0/s1. The molecule has 0 aliphatic heterocycles. The molecule has 6 nitrogen and oxygen atoms in total. The van der Waals surface area contributed by atoms with Crippen LogP contribution in [-0.4, -0.2) is 21.8 Å². The third-order valence-electron chi connectivity index (χ3n) is 6.49. The molecule has 0 aliphatic rings. The number of rotatable bonds is 8.